The minimum Gasteiger partial charge on any atom is -0.444 e. The van der Waals surface area contributed by atoms with E-state index < -0.39 is 0 Å². The number of benzene rings is 1. The zero-order chi connectivity index (χ0) is 21.2. The van der Waals surface area contributed by atoms with Crippen LogP contribution in [0.25, 0.3) is 22.2 Å². The van der Waals surface area contributed by atoms with Crippen LogP contribution in [-0.2, 0) is 6.42 Å². The lowest BCUT2D eigenvalue weighted by atomic mass is 9.92. The summed E-state index contributed by atoms with van der Waals surface area (Å²) in [4.78, 5) is 23.8. The Morgan fingerprint density at radius 2 is 2.00 bits per heavy atom. The molecular weight excluding hydrogens is 390 g/mol. The van der Waals surface area contributed by atoms with E-state index in [0.29, 0.717) is 22.9 Å². The summed E-state index contributed by atoms with van der Waals surface area (Å²) < 4.78 is 5.38. The SMILES string of the molecule is CN1CCC(c2cc(C(=O)Cc3cc4cc(-c5cnco5)ccc4nn3)ccn2)CC1. The molecule has 31 heavy (non-hydrogen) atoms. The van der Waals surface area contributed by atoms with Gasteiger partial charge in [-0.15, -0.1) is 0 Å². The molecule has 1 fully saturated rings. The van der Waals surface area contributed by atoms with Crippen LogP contribution < -0.4 is 0 Å². The van der Waals surface area contributed by atoms with E-state index in [9.17, 15) is 4.79 Å². The Morgan fingerprint density at radius 1 is 1.13 bits per heavy atom. The molecule has 0 aliphatic carbocycles. The van der Waals surface area contributed by atoms with Gasteiger partial charge in [0.15, 0.2) is 17.9 Å². The van der Waals surface area contributed by atoms with Gasteiger partial charge in [-0.1, -0.05) is 0 Å². The summed E-state index contributed by atoms with van der Waals surface area (Å²) in [5.74, 6) is 1.13. The Kier molecular flexibility index (Phi) is 5.26. The molecule has 0 saturated carbocycles. The Hall–Kier alpha value is -3.45. The second-order valence-corrected chi connectivity index (χ2v) is 8.12. The molecule has 7 heteroatoms. The van der Waals surface area contributed by atoms with Gasteiger partial charge in [-0.2, -0.15) is 10.2 Å². The first-order valence-corrected chi connectivity index (χ1v) is 10.5. The lowest BCUT2D eigenvalue weighted by Crippen LogP contribution is -2.29. The summed E-state index contributed by atoms with van der Waals surface area (Å²) in [6.07, 6.45) is 7.17. The molecule has 0 unspecified atom stereocenters. The first-order valence-electron chi connectivity index (χ1n) is 10.5. The molecule has 0 atom stereocenters. The standard InChI is InChI=1S/C24H23N5O2/c1-29-8-5-16(6-9-29)22-12-17(4-7-26-22)23(30)13-20-11-19-10-18(24-14-25-15-31-24)2-3-21(19)28-27-20/h2-4,7,10-12,14-16H,5-6,8-9,13H2,1H3. The number of nitrogens with zero attached hydrogens (tertiary/aromatic N) is 5. The molecule has 0 amide bonds. The molecule has 1 aliphatic rings. The van der Waals surface area contributed by atoms with Gasteiger partial charge in [-0.05, 0) is 69.4 Å². The van der Waals surface area contributed by atoms with E-state index in [1.807, 2.05) is 30.3 Å². The smallest absolute Gasteiger partial charge is 0.181 e. The molecule has 156 valence electrons. The molecule has 0 spiro atoms. The number of rotatable bonds is 5. The molecule has 4 heterocycles. The van der Waals surface area contributed by atoms with Gasteiger partial charge in [-0.3, -0.25) is 9.78 Å². The quantitative estimate of drug-likeness (QED) is 0.459. The topological polar surface area (TPSA) is 85.0 Å². The molecule has 1 aliphatic heterocycles. The fraction of sp³-hybridized carbons (Fsp3) is 0.292. The first kappa shape index (κ1) is 19.5. The van der Waals surface area contributed by atoms with Gasteiger partial charge >= 0.3 is 0 Å². The highest BCUT2D eigenvalue weighted by molar-refractivity contribution is 5.97. The molecule has 0 N–H and O–H groups in total. The van der Waals surface area contributed by atoms with E-state index in [2.05, 4.69) is 32.1 Å². The number of ketones is 1. The van der Waals surface area contributed by atoms with Gasteiger partial charge in [-0.25, -0.2) is 4.98 Å². The number of carbonyl (C=O) groups is 1. The normalized spacial score (nSPS) is 15.4. The van der Waals surface area contributed by atoms with Crippen LogP contribution in [0.5, 0.6) is 0 Å². The van der Waals surface area contributed by atoms with Gasteiger partial charge in [0, 0.05) is 34.3 Å². The van der Waals surface area contributed by atoms with Crippen molar-refractivity contribution in [2.75, 3.05) is 20.1 Å². The monoisotopic (exact) mass is 413 g/mol. The minimum atomic E-state index is 0.0246. The van der Waals surface area contributed by atoms with Crippen molar-refractivity contribution in [1.29, 1.82) is 0 Å². The van der Waals surface area contributed by atoms with Crippen LogP contribution in [0.1, 0.15) is 40.5 Å². The average molecular weight is 413 g/mol. The fourth-order valence-electron chi connectivity index (χ4n) is 4.10. The summed E-state index contributed by atoms with van der Waals surface area (Å²) in [6, 6.07) is 11.4. The van der Waals surface area contributed by atoms with E-state index in [4.69, 9.17) is 4.42 Å². The van der Waals surface area contributed by atoms with Gasteiger partial charge in [0.05, 0.1) is 23.8 Å². The second kappa shape index (κ2) is 8.35. The van der Waals surface area contributed by atoms with Crippen molar-refractivity contribution in [3.63, 3.8) is 0 Å². The van der Waals surface area contributed by atoms with E-state index in [-0.39, 0.29) is 12.2 Å². The lowest BCUT2D eigenvalue weighted by Gasteiger charge is -2.28. The zero-order valence-corrected chi connectivity index (χ0v) is 17.4. The van der Waals surface area contributed by atoms with E-state index >= 15 is 0 Å². The highest BCUT2D eigenvalue weighted by Gasteiger charge is 2.20. The number of oxazole rings is 1. The van der Waals surface area contributed by atoms with Gasteiger partial charge in [0.25, 0.3) is 0 Å². The van der Waals surface area contributed by atoms with Crippen molar-refractivity contribution in [2.24, 2.45) is 0 Å². The lowest BCUT2D eigenvalue weighted by molar-refractivity contribution is 0.0991. The van der Waals surface area contributed by atoms with Crippen LogP contribution in [0.15, 0.2) is 59.6 Å². The molecule has 4 aromatic rings. The van der Waals surface area contributed by atoms with Crippen LogP contribution in [0.4, 0.5) is 0 Å². The number of aromatic nitrogens is 4. The molecule has 1 saturated heterocycles. The van der Waals surface area contributed by atoms with Crippen LogP contribution >= 0.6 is 0 Å². The molecule has 0 radical (unpaired) electrons. The van der Waals surface area contributed by atoms with Crippen molar-refractivity contribution < 1.29 is 9.21 Å². The van der Waals surface area contributed by atoms with Crippen molar-refractivity contribution in [3.8, 4) is 11.3 Å². The molecule has 1 aromatic carbocycles. The summed E-state index contributed by atoms with van der Waals surface area (Å²) in [7, 11) is 2.14. The number of Topliss-reactive ketones (excluding diaryl/α,β-unsaturated/α-hetero) is 1. The van der Waals surface area contributed by atoms with Gasteiger partial charge in [0.2, 0.25) is 0 Å². The summed E-state index contributed by atoms with van der Waals surface area (Å²) in [6.45, 7) is 2.13. The maximum Gasteiger partial charge on any atom is 0.181 e. The highest BCUT2D eigenvalue weighted by Crippen LogP contribution is 2.27. The highest BCUT2D eigenvalue weighted by atomic mass is 16.3. The summed E-state index contributed by atoms with van der Waals surface area (Å²) in [5.41, 5.74) is 4.02. The van der Waals surface area contributed by atoms with Gasteiger partial charge in [0.1, 0.15) is 0 Å². The van der Waals surface area contributed by atoms with Crippen LogP contribution in [-0.4, -0.2) is 51.0 Å². The number of pyridine rings is 1. The van der Waals surface area contributed by atoms with E-state index in [1.165, 1.54) is 6.39 Å². The molecule has 7 nitrogen and oxygen atoms in total. The summed E-state index contributed by atoms with van der Waals surface area (Å²) in [5, 5.41) is 9.45. The minimum absolute atomic E-state index is 0.0246. The Labute approximate surface area is 180 Å². The number of likely N-dealkylation sites (tertiary alicyclic amines) is 1. The second-order valence-electron chi connectivity index (χ2n) is 8.12. The van der Waals surface area contributed by atoms with Crippen molar-refractivity contribution in [3.05, 3.63) is 72.1 Å². The van der Waals surface area contributed by atoms with Crippen LogP contribution in [0.2, 0.25) is 0 Å². The zero-order valence-electron chi connectivity index (χ0n) is 17.4. The maximum absolute atomic E-state index is 13.0. The third-order valence-corrected chi connectivity index (χ3v) is 5.93. The van der Waals surface area contributed by atoms with Gasteiger partial charge < -0.3 is 9.32 Å². The van der Waals surface area contributed by atoms with Crippen molar-refractivity contribution in [1.82, 2.24) is 25.1 Å². The largest absolute Gasteiger partial charge is 0.444 e. The average Bonchev–Trinajstić information content (AvgIpc) is 3.34. The Morgan fingerprint density at radius 3 is 2.81 bits per heavy atom. The molecule has 3 aromatic heterocycles. The fourth-order valence-corrected chi connectivity index (χ4v) is 4.10. The number of fused-ring (bicyclic) bond motifs is 1. The number of hydrogen-bond acceptors (Lipinski definition) is 7. The van der Waals surface area contributed by atoms with Crippen LogP contribution in [0.3, 0.4) is 0 Å². The predicted molar refractivity (Wildman–Crippen MR) is 117 cm³/mol. The third-order valence-electron chi connectivity index (χ3n) is 5.93. The van der Waals surface area contributed by atoms with Crippen molar-refractivity contribution >= 4 is 16.7 Å². The Bertz CT molecular complexity index is 1210. The first-order chi connectivity index (χ1) is 15.2. The molecule has 0 bridgehead atoms. The molecular formula is C24H23N5O2. The number of hydrogen-bond donors (Lipinski definition) is 0. The molecule has 5 rings (SSSR count). The van der Waals surface area contributed by atoms with E-state index in [1.54, 1.807) is 18.5 Å². The predicted octanol–water partition coefficient (Wildman–Crippen LogP) is 3.91. The maximum atomic E-state index is 13.0. The third kappa shape index (κ3) is 4.22. The number of piperidine rings is 1. The van der Waals surface area contributed by atoms with E-state index in [0.717, 1.165) is 48.1 Å². The Balaban J connectivity index is 1.35. The number of carbonyl (C=O) groups excluding carboxylic acids is 1. The summed E-state index contributed by atoms with van der Waals surface area (Å²) >= 11 is 0. The van der Waals surface area contributed by atoms with Crippen molar-refractivity contribution in [2.45, 2.75) is 25.2 Å². The van der Waals surface area contributed by atoms with Crippen LogP contribution in [0, 0.1) is 0 Å².